The lowest BCUT2D eigenvalue weighted by atomic mass is 10.1. The van der Waals surface area contributed by atoms with Crippen LogP contribution in [-0.4, -0.2) is 40.6 Å². The molecule has 0 bridgehead atoms. The van der Waals surface area contributed by atoms with Crippen molar-refractivity contribution in [3.05, 3.63) is 69.8 Å². The molecule has 1 fully saturated rings. The molecule has 1 aromatic heterocycles. The molecule has 0 aliphatic carbocycles. The van der Waals surface area contributed by atoms with Crippen LogP contribution in [0, 0.1) is 0 Å². The Bertz CT molecular complexity index is 1160. The van der Waals surface area contributed by atoms with Gasteiger partial charge in [-0.1, -0.05) is 24.3 Å². The van der Waals surface area contributed by atoms with Gasteiger partial charge in [-0.15, -0.1) is 0 Å². The van der Waals surface area contributed by atoms with Crippen LogP contribution in [0.25, 0.3) is 10.9 Å². The van der Waals surface area contributed by atoms with Gasteiger partial charge in [0.15, 0.2) is 0 Å². The number of aromatic nitrogens is 2. The number of ether oxygens (including phenoxy) is 1. The van der Waals surface area contributed by atoms with Crippen LogP contribution < -0.4 is 10.3 Å². The number of rotatable bonds is 6. The minimum Gasteiger partial charge on any atom is -0.493 e. The van der Waals surface area contributed by atoms with Crippen LogP contribution in [0.4, 0.5) is 8.78 Å². The topological polar surface area (TPSA) is 47.4 Å². The minimum atomic E-state index is -2.61. The summed E-state index contributed by atoms with van der Waals surface area (Å²) in [5, 5.41) is 0.386. The van der Waals surface area contributed by atoms with Gasteiger partial charge in [0.25, 0.3) is 12.0 Å². The number of hydrogen-bond acceptors (Lipinski definition) is 4. The predicted molar refractivity (Wildman–Crippen MR) is 115 cm³/mol. The summed E-state index contributed by atoms with van der Waals surface area (Å²) < 4.78 is 33.4. The Kier molecular flexibility index (Phi) is 5.44. The highest BCUT2D eigenvalue weighted by molar-refractivity contribution is 5.77. The van der Waals surface area contributed by atoms with E-state index in [2.05, 4.69) is 17.0 Å². The first-order chi connectivity index (χ1) is 15.1. The Morgan fingerprint density at radius 2 is 2.06 bits per heavy atom. The largest absolute Gasteiger partial charge is 0.493 e. The molecule has 5 nitrogen and oxygen atoms in total. The lowest BCUT2D eigenvalue weighted by Gasteiger charge is -2.26. The van der Waals surface area contributed by atoms with Crippen molar-refractivity contribution in [2.45, 2.75) is 44.7 Å². The van der Waals surface area contributed by atoms with Gasteiger partial charge in [-0.25, -0.2) is 13.8 Å². The second kappa shape index (κ2) is 8.38. The van der Waals surface area contributed by atoms with E-state index in [1.807, 2.05) is 12.1 Å². The van der Waals surface area contributed by atoms with Crippen LogP contribution in [0.3, 0.4) is 0 Å². The average Bonchev–Trinajstić information content (AvgIpc) is 3.42. The molecule has 31 heavy (non-hydrogen) atoms. The van der Waals surface area contributed by atoms with E-state index in [-0.39, 0.29) is 11.6 Å². The number of benzene rings is 2. The van der Waals surface area contributed by atoms with Gasteiger partial charge in [0, 0.05) is 13.0 Å². The molecule has 1 atom stereocenters. The lowest BCUT2D eigenvalue weighted by Crippen LogP contribution is -2.34. The number of likely N-dealkylation sites (tertiary alicyclic amines) is 1. The first-order valence-corrected chi connectivity index (χ1v) is 10.9. The summed E-state index contributed by atoms with van der Waals surface area (Å²) in [6.45, 7) is 1.78. The molecule has 0 spiro atoms. The Morgan fingerprint density at radius 1 is 1.19 bits per heavy atom. The van der Waals surface area contributed by atoms with Gasteiger partial charge in [0.1, 0.15) is 11.6 Å². The standard InChI is InChI=1S/C24H25F2N3O2/c25-22(26)15-29-23(27-19-5-2-1-4-18(19)24(29)30)20-6-3-11-28(20)12-9-16-7-8-21-17(14-16)10-13-31-21/h1-2,4-5,7-8,14,20,22H,3,6,9-13,15H2. The molecule has 2 aliphatic rings. The fraction of sp³-hybridized carbons (Fsp3) is 0.417. The molecule has 3 heterocycles. The minimum absolute atomic E-state index is 0.131. The number of alkyl halides is 2. The summed E-state index contributed by atoms with van der Waals surface area (Å²) in [4.78, 5) is 20.0. The molecule has 0 amide bonds. The van der Waals surface area contributed by atoms with Gasteiger partial charge in [-0.2, -0.15) is 0 Å². The number of para-hydroxylation sites is 1. The molecule has 0 saturated carbocycles. The normalized spacial score (nSPS) is 18.6. The third kappa shape index (κ3) is 3.94. The van der Waals surface area contributed by atoms with E-state index in [0.717, 1.165) is 51.1 Å². The molecule has 162 valence electrons. The van der Waals surface area contributed by atoms with E-state index < -0.39 is 13.0 Å². The third-order valence-electron chi connectivity index (χ3n) is 6.32. The maximum atomic E-state index is 13.3. The number of nitrogens with zero attached hydrogens (tertiary/aromatic N) is 3. The van der Waals surface area contributed by atoms with Crippen LogP contribution >= 0.6 is 0 Å². The zero-order valence-corrected chi connectivity index (χ0v) is 17.3. The fourth-order valence-corrected chi connectivity index (χ4v) is 4.81. The van der Waals surface area contributed by atoms with Gasteiger partial charge in [-0.3, -0.25) is 14.3 Å². The van der Waals surface area contributed by atoms with Gasteiger partial charge in [0.05, 0.1) is 30.1 Å². The fourth-order valence-electron chi connectivity index (χ4n) is 4.81. The van der Waals surface area contributed by atoms with Crippen molar-refractivity contribution in [1.82, 2.24) is 14.5 Å². The van der Waals surface area contributed by atoms with Crippen LogP contribution in [-0.2, 0) is 19.4 Å². The van der Waals surface area contributed by atoms with E-state index in [4.69, 9.17) is 9.72 Å². The Balaban J connectivity index is 1.43. The van der Waals surface area contributed by atoms with Crippen molar-refractivity contribution in [3.8, 4) is 5.75 Å². The SMILES string of the molecule is O=c1c2ccccc2nc(C2CCCN2CCc2ccc3c(c2)CCO3)n1CC(F)F. The predicted octanol–water partition coefficient (Wildman–Crippen LogP) is 3.98. The highest BCUT2D eigenvalue weighted by Gasteiger charge is 2.31. The molecule has 0 radical (unpaired) electrons. The molecule has 2 aromatic carbocycles. The van der Waals surface area contributed by atoms with Crippen molar-refractivity contribution >= 4 is 10.9 Å². The van der Waals surface area contributed by atoms with E-state index in [9.17, 15) is 13.6 Å². The maximum Gasteiger partial charge on any atom is 0.261 e. The van der Waals surface area contributed by atoms with Gasteiger partial charge in [0.2, 0.25) is 0 Å². The van der Waals surface area contributed by atoms with E-state index in [1.54, 1.807) is 18.2 Å². The summed E-state index contributed by atoms with van der Waals surface area (Å²) >= 11 is 0. The van der Waals surface area contributed by atoms with Crippen molar-refractivity contribution in [1.29, 1.82) is 0 Å². The smallest absolute Gasteiger partial charge is 0.261 e. The molecular formula is C24H25F2N3O2. The molecular weight excluding hydrogens is 400 g/mol. The molecule has 1 unspecified atom stereocenters. The summed E-state index contributed by atoms with van der Waals surface area (Å²) in [5.41, 5.74) is 2.67. The van der Waals surface area contributed by atoms with Crippen LogP contribution in [0.1, 0.15) is 35.8 Å². The zero-order valence-electron chi connectivity index (χ0n) is 17.3. The van der Waals surface area contributed by atoms with Crippen LogP contribution in [0.2, 0.25) is 0 Å². The maximum absolute atomic E-state index is 13.3. The van der Waals surface area contributed by atoms with Crippen molar-refractivity contribution in [2.24, 2.45) is 0 Å². The second-order valence-corrected chi connectivity index (χ2v) is 8.28. The van der Waals surface area contributed by atoms with Gasteiger partial charge in [-0.05, 0) is 55.1 Å². The summed E-state index contributed by atoms with van der Waals surface area (Å²) in [6.07, 6.45) is 0.960. The quantitative estimate of drug-likeness (QED) is 0.600. The highest BCUT2D eigenvalue weighted by Crippen LogP contribution is 2.32. The lowest BCUT2D eigenvalue weighted by molar-refractivity contribution is 0.120. The van der Waals surface area contributed by atoms with Crippen molar-refractivity contribution in [2.75, 3.05) is 19.7 Å². The number of fused-ring (bicyclic) bond motifs is 2. The first-order valence-electron chi connectivity index (χ1n) is 10.9. The van der Waals surface area contributed by atoms with E-state index >= 15 is 0 Å². The van der Waals surface area contributed by atoms with Crippen molar-refractivity contribution < 1.29 is 13.5 Å². The summed E-state index contributed by atoms with van der Waals surface area (Å²) in [5.74, 6) is 1.43. The second-order valence-electron chi connectivity index (χ2n) is 8.28. The average molecular weight is 425 g/mol. The van der Waals surface area contributed by atoms with E-state index in [0.29, 0.717) is 16.7 Å². The summed E-state index contributed by atoms with van der Waals surface area (Å²) in [7, 11) is 0. The molecule has 7 heteroatoms. The monoisotopic (exact) mass is 425 g/mol. The third-order valence-corrected chi connectivity index (χ3v) is 6.32. The zero-order chi connectivity index (χ0) is 21.4. The molecule has 2 aliphatic heterocycles. The van der Waals surface area contributed by atoms with Crippen LogP contribution in [0.15, 0.2) is 47.3 Å². The molecule has 3 aromatic rings. The van der Waals surface area contributed by atoms with Crippen LogP contribution in [0.5, 0.6) is 5.75 Å². The summed E-state index contributed by atoms with van der Waals surface area (Å²) in [6, 6.07) is 13.2. The Hall–Kier alpha value is -2.80. The Labute approximate surface area is 179 Å². The first kappa shape index (κ1) is 20.1. The molecule has 1 saturated heterocycles. The highest BCUT2D eigenvalue weighted by atomic mass is 19.3. The van der Waals surface area contributed by atoms with Crippen molar-refractivity contribution in [3.63, 3.8) is 0 Å². The molecule has 5 rings (SSSR count). The molecule has 0 N–H and O–H groups in total. The number of hydrogen-bond donors (Lipinski definition) is 0. The van der Waals surface area contributed by atoms with Gasteiger partial charge >= 0.3 is 0 Å². The van der Waals surface area contributed by atoms with E-state index in [1.165, 1.54) is 15.7 Å². The van der Waals surface area contributed by atoms with Gasteiger partial charge < -0.3 is 4.74 Å². The Morgan fingerprint density at radius 3 is 2.94 bits per heavy atom. The number of halogens is 2.